The van der Waals surface area contributed by atoms with Gasteiger partial charge in [0.15, 0.2) is 0 Å². The summed E-state index contributed by atoms with van der Waals surface area (Å²) in [4.78, 5) is 11.0. The van der Waals surface area contributed by atoms with E-state index in [-0.39, 0.29) is 5.97 Å². The molecule has 4 heteroatoms. The van der Waals surface area contributed by atoms with Gasteiger partial charge in [0.2, 0.25) is 0 Å². The van der Waals surface area contributed by atoms with Gasteiger partial charge < -0.3 is 15.2 Å². The Morgan fingerprint density at radius 2 is 2.07 bits per heavy atom. The first-order valence-electron chi connectivity index (χ1n) is 5.10. The molecule has 0 aromatic rings. The fraction of sp³-hybridized carbons (Fsp3) is 0.900. The van der Waals surface area contributed by atoms with Crippen molar-refractivity contribution in [2.45, 2.75) is 26.7 Å². The van der Waals surface area contributed by atoms with Crippen molar-refractivity contribution in [2.24, 2.45) is 11.7 Å². The lowest BCUT2D eigenvalue weighted by Crippen LogP contribution is -2.13. The highest BCUT2D eigenvalue weighted by atomic mass is 16.6. The molecule has 0 atom stereocenters. The summed E-state index contributed by atoms with van der Waals surface area (Å²) in [6.07, 6.45) is 1.09. The van der Waals surface area contributed by atoms with Crippen molar-refractivity contribution in [2.75, 3.05) is 26.4 Å². The van der Waals surface area contributed by atoms with Gasteiger partial charge in [-0.3, -0.25) is 4.79 Å². The van der Waals surface area contributed by atoms with Crippen LogP contribution in [0.3, 0.4) is 0 Å². The van der Waals surface area contributed by atoms with Crippen LogP contribution in [0.25, 0.3) is 0 Å². The van der Waals surface area contributed by atoms with Crippen LogP contribution in [0.15, 0.2) is 0 Å². The van der Waals surface area contributed by atoms with Crippen molar-refractivity contribution in [3.8, 4) is 0 Å². The standard InChI is InChI=1S/C10H21NO3/c1-9(2)8-13-6-7-14-10(12)4-3-5-11/h9H,3-8,11H2,1-2H3. The van der Waals surface area contributed by atoms with E-state index in [0.717, 1.165) is 0 Å². The Bertz CT molecular complexity index is 148. The molecule has 0 aromatic carbocycles. The highest BCUT2D eigenvalue weighted by molar-refractivity contribution is 5.69. The van der Waals surface area contributed by atoms with Crippen molar-refractivity contribution in [1.82, 2.24) is 0 Å². The van der Waals surface area contributed by atoms with E-state index in [4.69, 9.17) is 15.2 Å². The number of hydrogen-bond donors (Lipinski definition) is 1. The molecule has 0 fully saturated rings. The molecule has 0 spiro atoms. The number of rotatable bonds is 8. The molecule has 0 rings (SSSR count). The van der Waals surface area contributed by atoms with Crippen LogP contribution in [0.4, 0.5) is 0 Å². The van der Waals surface area contributed by atoms with Crippen LogP contribution in [0, 0.1) is 5.92 Å². The van der Waals surface area contributed by atoms with Gasteiger partial charge in [-0.2, -0.15) is 0 Å². The van der Waals surface area contributed by atoms with E-state index < -0.39 is 0 Å². The number of ether oxygens (including phenoxy) is 2. The summed E-state index contributed by atoms with van der Waals surface area (Å²) in [5.74, 6) is 0.325. The Morgan fingerprint density at radius 3 is 2.64 bits per heavy atom. The van der Waals surface area contributed by atoms with Gasteiger partial charge in [-0.25, -0.2) is 0 Å². The van der Waals surface area contributed by atoms with Crippen LogP contribution in [-0.2, 0) is 14.3 Å². The van der Waals surface area contributed by atoms with E-state index in [1.54, 1.807) is 0 Å². The highest BCUT2D eigenvalue weighted by Crippen LogP contribution is 1.93. The summed E-state index contributed by atoms with van der Waals surface area (Å²) >= 11 is 0. The maximum absolute atomic E-state index is 11.0. The van der Waals surface area contributed by atoms with Crippen molar-refractivity contribution < 1.29 is 14.3 Å². The van der Waals surface area contributed by atoms with Crippen LogP contribution in [0.1, 0.15) is 26.7 Å². The van der Waals surface area contributed by atoms with Gasteiger partial charge in [0.25, 0.3) is 0 Å². The Morgan fingerprint density at radius 1 is 1.36 bits per heavy atom. The lowest BCUT2D eigenvalue weighted by molar-refractivity contribution is -0.145. The Kier molecular flexibility index (Phi) is 8.57. The average Bonchev–Trinajstić information content (AvgIpc) is 2.13. The number of nitrogens with two attached hydrogens (primary N) is 1. The van der Waals surface area contributed by atoms with Gasteiger partial charge in [-0.1, -0.05) is 13.8 Å². The Labute approximate surface area is 85.8 Å². The van der Waals surface area contributed by atoms with E-state index in [0.29, 0.717) is 45.1 Å². The molecular formula is C10H21NO3. The van der Waals surface area contributed by atoms with Crippen LogP contribution >= 0.6 is 0 Å². The van der Waals surface area contributed by atoms with Gasteiger partial charge in [0, 0.05) is 13.0 Å². The smallest absolute Gasteiger partial charge is 0.305 e. The molecule has 0 unspecified atom stereocenters. The molecule has 14 heavy (non-hydrogen) atoms. The zero-order valence-corrected chi connectivity index (χ0v) is 9.12. The first kappa shape index (κ1) is 13.4. The molecule has 0 heterocycles. The molecule has 84 valence electrons. The SMILES string of the molecule is CC(C)COCCOC(=O)CCCN. The molecule has 0 amide bonds. The summed E-state index contributed by atoms with van der Waals surface area (Å²) in [6, 6.07) is 0. The maximum Gasteiger partial charge on any atom is 0.305 e. The lowest BCUT2D eigenvalue weighted by atomic mass is 10.2. The maximum atomic E-state index is 11.0. The summed E-state index contributed by atoms with van der Waals surface area (Å²) in [6.45, 7) is 6.21. The quantitative estimate of drug-likeness (QED) is 0.471. The molecule has 0 saturated heterocycles. The minimum Gasteiger partial charge on any atom is -0.463 e. The van der Waals surface area contributed by atoms with Crippen molar-refractivity contribution in [1.29, 1.82) is 0 Å². The molecule has 0 saturated carbocycles. The van der Waals surface area contributed by atoms with Crippen molar-refractivity contribution in [3.63, 3.8) is 0 Å². The molecule has 0 aliphatic rings. The minimum atomic E-state index is -0.191. The van der Waals surface area contributed by atoms with E-state index in [1.807, 2.05) is 0 Å². The van der Waals surface area contributed by atoms with Crippen LogP contribution in [0.5, 0.6) is 0 Å². The fourth-order valence-corrected chi connectivity index (χ4v) is 0.852. The second-order valence-corrected chi connectivity index (χ2v) is 3.58. The van der Waals surface area contributed by atoms with Gasteiger partial charge >= 0.3 is 5.97 Å². The zero-order chi connectivity index (χ0) is 10.8. The number of carbonyl (C=O) groups is 1. The van der Waals surface area contributed by atoms with E-state index in [1.165, 1.54) is 0 Å². The normalized spacial score (nSPS) is 10.6. The molecule has 0 aliphatic heterocycles. The van der Waals surface area contributed by atoms with Gasteiger partial charge in [0.05, 0.1) is 6.61 Å². The van der Waals surface area contributed by atoms with Gasteiger partial charge in [-0.05, 0) is 18.9 Å². The predicted octanol–water partition coefficient (Wildman–Crippen LogP) is 0.941. The fourth-order valence-electron chi connectivity index (χ4n) is 0.852. The molecule has 0 aliphatic carbocycles. The number of esters is 1. The summed E-state index contributed by atoms with van der Waals surface area (Å²) < 4.78 is 10.2. The largest absolute Gasteiger partial charge is 0.463 e. The topological polar surface area (TPSA) is 61.5 Å². The Hall–Kier alpha value is -0.610. The molecule has 0 radical (unpaired) electrons. The first-order chi connectivity index (χ1) is 6.66. The molecule has 4 nitrogen and oxygen atoms in total. The molecule has 2 N–H and O–H groups in total. The van der Waals surface area contributed by atoms with Crippen LogP contribution < -0.4 is 5.73 Å². The second-order valence-electron chi connectivity index (χ2n) is 3.58. The molecule has 0 bridgehead atoms. The van der Waals surface area contributed by atoms with Crippen LogP contribution in [0.2, 0.25) is 0 Å². The third-order valence-electron chi connectivity index (χ3n) is 1.53. The summed E-state index contributed by atoms with van der Waals surface area (Å²) in [5.41, 5.74) is 5.25. The minimum absolute atomic E-state index is 0.191. The highest BCUT2D eigenvalue weighted by Gasteiger charge is 2.01. The van der Waals surface area contributed by atoms with E-state index in [2.05, 4.69) is 13.8 Å². The monoisotopic (exact) mass is 203 g/mol. The van der Waals surface area contributed by atoms with E-state index >= 15 is 0 Å². The first-order valence-corrected chi connectivity index (χ1v) is 5.10. The van der Waals surface area contributed by atoms with Crippen LogP contribution in [-0.4, -0.2) is 32.3 Å². The summed E-state index contributed by atoms with van der Waals surface area (Å²) in [5, 5.41) is 0. The third kappa shape index (κ3) is 9.48. The van der Waals surface area contributed by atoms with Gasteiger partial charge in [0.1, 0.15) is 6.61 Å². The van der Waals surface area contributed by atoms with Crippen molar-refractivity contribution >= 4 is 5.97 Å². The van der Waals surface area contributed by atoms with Gasteiger partial charge in [-0.15, -0.1) is 0 Å². The third-order valence-corrected chi connectivity index (χ3v) is 1.53. The van der Waals surface area contributed by atoms with E-state index in [9.17, 15) is 4.79 Å². The number of carbonyl (C=O) groups excluding carboxylic acids is 1. The number of hydrogen-bond acceptors (Lipinski definition) is 4. The molecular weight excluding hydrogens is 182 g/mol. The predicted molar refractivity (Wildman–Crippen MR) is 54.9 cm³/mol. The Balaban J connectivity index is 3.15. The van der Waals surface area contributed by atoms with Crippen molar-refractivity contribution in [3.05, 3.63) is 0 Å². The lowest BCUT2D eigenvalue weighted by Gasteiger charge is -2.07. The second kappa shape index (κ2) is 8.97. The zero-order valence-electron chi connectivity index (χ0n) is 9.12. The average molecular weight is 203 g/mol. The molecule has 0 aromatic heterocycles. The summed E-state index contributed by atoms with van der Waals surface area (Å²) in [7, 11) is 0.